The van der Waals surface area contributed by atoms with Crippen LogP contribution in [0.15, 0.2) is 48.0 Å². The maximum atomic E-state index is 13.8. The molecule has 0 saturated heterocycles. The number of ether oxygens (including phenoxy) is 2. The molecule has 10 heteroatoms. The van der Waals surface area contributed by atoms with E-state index in [9.17, 15) is 24.9 Å². The van der Waals surface area contributed by atoms with Crippen molar-refractivity contribution in [2.45, 2.75) is 90.2 Å². The van der Waals surface area contributed by atoms with Gasteiger partial charge in [-0.05, 0) is 65.3 Å². The number of carbonyl (C=O) groups is 2. The lowest BCUT2D eigenvalue weighted by atomic mass is 9.87. The molecule has 0 heterocycles. The van der Waals surface area contributed by atoms with E-state index in [2.05, 4.69) is 34.8 Å². The van der Waals surface area contributed by atoms with Gasteiger partial charge in [-0.15, -0.1) is 0 Å². The molecule has 0 saturated carbocycles. The van der Waals surface area contributed by atoms with Gasteiger partial charge in [0, 0.05) is 31.5 Å². The molecule has 2 amide bonds. The van der Waals surface area contributed by atoms with E-state index >= 15 is 0 Å². The van der Waals surface area contributed by atoms with E-state index < -0.39 is 18.2 Å². The van der Waals surface area contributed by atoms with Gasteiger partial charge >= 0.3 is 0 Å². The number of aliphatic hydroxyl groups excluding tert-OH is 3. The quantitative estimate of drug-likeness (QED) is 0.150. The molecule has 236 valence electrons. The summed E-state index contributed by atoms with van der Waals surface area (Å²) >= 11 is 2.08. The first-order valence-corrected chi connectivity index (χ1v) is 16.1. The van der Waals surface area contributed by atoms with Gasteiger partial charge in [0.1, 0.15) is 12.2 Å². The van der Waals surface area contributed by atoms with E-state index in [1.165, 1.54) is 7.11 Å². The Morgan fingerprint density at radius 2 is 1.79 bits per heavy atom. The molecule has 3 rings (SSSR count). The number of nitrogens with zero attached hydrogens (tertiary/aromatic N) is 1. The summed E-state index contributed by atoms with van der Waals surface area (Å²) in [5.74, 6) is 0.267. The second kappa shape index (κ2) is 17.6. The molecule has 2 aromatic carbocycles. The molecule has 43 heavy (non-hydrogen) atoms. The smallest absolute Gasteiger partial charge is 0.247 e. The highest BCUT2D eigenvalue weighted by Crippen LogP contribution is 2.37. The molecule has 0 aromatic heterocycles. The van der Waals surface area contributed by atoms with Gasteiger partial charge in [-0.3, -0.25) is 9.59 Å². The summed E-state index contributed by atoms with van der Waals surface area (Å²) in [5, 5.41) is 33.4. The van der Waals surface area contributed by atoms with Gasteiger partial charge in [0.25, 0.3) is 0 Å². The molecule has 2 aromatic rings. The minimum Gasteiger partial charge on any atom is -0.493 e. The fraction of sp³-hybridized carbons (Fsp3) is 0.515. The highest BCUT2D eigenvalue weighted by atomic mass is 127. The molecule has 0 fully saturated rings. The predicted molar refractivity (Wildman–Crippen MR) is 174 cm³/mol. The van der Waals surface area contributed by atoms with Crippen molar-refractivity contribution in [3.8, 4) is 11.5 Å². The van der Waals surface area contributed by atoms with Crippen molar-refractivity contribution >= 4 is 34.4 Å². The minimum absolute atomic E-state index is 0.0764. The molecule has 0 spiro atoms. The number of benzene rings is 2. The van der Waals surface area contributed by atoms with Crippen LogP contribution < -0.4 is 14.8 Å². The van der Waals surface area contributed by atoms with E-state index in [0.717, 1.165) is 43.2 Å². The van der Waals surface area contributed by atoms with Crippen molar-refractivity contribution in [1.82, 2.24) is 10.2 Å². The first kappa shape index (κ1) is 34.8. The number of amides is 2. The van der Waals surface area contributed by atoms with Crippen LogP contribution >= 0.6 is 22.6 Å². The van der Waals surface area contributed by atoms with Crippen LogP contribution in [0.5, 0.6) is 11.5 Å². The normalized spacial score (nSPS) is 18.1. The summed E-state index contributed by atoms with van der Waals surface area (Å²) < 4.78 is 12.5. The van der Waals surface area contributed by atoms with Crippen molar-refractivity contribution in [2.24, 2.45) is 0 Å². The lowest BCUT2D eigenvalue weighted by Gasteiger charge is -2.41. The highest BCUT2D eigenvalue weighted by molar-refractivity contribution is 14.1. The fourth-order valence-electron chi connectivity index (χ4n) is 5.20. The Kier molecular flexibility index (Phi) is 14.2. The Labute approximate surface area is 268 Å². The zero-order valence-corrected chi connectivity index (χ0v) is 27.5. The summed E-state index contributed by atoms with van der Waals surface area (Å²) in [6.07, 6.45) is 4.93. The Morgan fingerprint density at radius 3 is 2.44 bits per heavy atom. The fourth-order valence-corrected chi connectivity index (χ4v) is 5.99. The van der Waals surface area contributed by atoms with E-state index in [0.29, 0.717) is 32.6 Å². The number of rotatable bonds is 16. The van der Waals surface area contributed by atoms with Gasteiger partial charge in [-0.25, -0.2) is 0 Å². The minimum atomic E-state index is -1.15. The van der Waals surface area contributed by atoms with Crippen LogP contribution in [0.2, 0.25) is 0 Å². The Bertz CT molecular complexity index is 1230. The summed E-state index contributed by atoms with van der Waals surface area (Å²) in [7, 11) is 1.49. The number of hydrogen-bond donors (Lipinski definition) is 4. The molecule has 9 nitrogen and oxygen atoms in total. The molecule has 3 unspecified atom stereocenters. The number of hydrogen-bond acceptors (Lipinski definition) is 7. The van der Waals surface area contributed by atoms with Crippen molar-refractivity contribution in [1.29, 1.82) is 0 Å². The second-order valence-corrected chi connectivity index (χ2v) is 12.1. The summed E-state index contributed by atoms with van der Waals surface area (Å²) in [5.41, 5.74) is 3.03. The first-order valence-electron chi connectivity index (χ1n) is 15.0. The second-order valence-electron chi connectivity index (χ2n) is 11.0. The van der Waals surface area contributed by atoms with E-state index in [1.54, 1.807) is 23.1 Å². The maximum absolute atomic E-state index is 13.8. The third-order valence-corrected chi connectivity index (χ3v) is 8.43. The van der Waals surface area contributed by atoms with Crippen molar-refractivity contribution in [3.05, 3.63) is 68.3 Å². The van der Waals surface area contributed by atoms with E-state index in [-0.39, 0.29) is 44.5 Å². The van der Waals surface area contributed by atoms with Crippen LogP contribution in [-0.2, 0) is 22.7 Å². The number of halogens is 1. The molecule has 0 radical (unpaired) electrons. The van der Waals surface area contributed by atoms with Gasteiger partial charge < -0.3 is 35.0 Å². The zero-order valence-electron chi connectivity index (χ0n) is 25.4. The number of unbranched alkanes of at least 4 members (excludes halogenated alkanes) is 4. The van der Waals surface area contributed by atoms with E-state index in [4.69, 9.17) is 9.47 Å². The number of nitrogens with one attached hydrogen (secondary N) is 1. The Morgan fingerprint density at radius 1 is 1.07 bits per heavy atom. The van der Waals surface area contributed by atoms with Crippen LogP contribution in [0.4, 0.5) is 0 Å². The largest absolute Gasteiger partial charge is 0.493 e. The molecule has 0 aliphatic heterocycles. The van der Waals surface area contributed by atoms with Gasteiger partial charge in [-0.2, -0.15) is 0 Å². The van der Waals surface area contributed by atoms with Gasteiger partial charge in [0.05, 0.1) is 29.9 Å². The van der Waals surface area contributed by atoms with Gasteiger partial charge in [0.15, 0.2) is 11.5 Å². The molecule has 3 atom stereocenters. The lowest BCUT2D eigenvalue weighted by molar-refractivity contribution is -0.139. The number of carbonyl (C=O) groups excluding carboxylic acids is 2. The highest BCUT2D eigenvalue weighted by Gasteiger charge is 2.41. The van der Waals surface area contributed by atoms with Crippen LogP contribution in [0.3, 0.4) is 0 Å². The van der Waals surface area contributed by atoms with Crippen LogP contribution in [-0.4, -0.2) is 70.5 Å². The van der Waals surface area contributed by atoms with Crippen LogP contribution in [0.25, 0.3) is 0 Å². The number of aryl methyl sites for hydroxylation is 1. The van der Waals surface area contributed by atoms with Crippen molar-refractivity contribution in [2.75, 3.05) is 20.3 Å². The van der Waals surface area contributed by atoms with Crippen molar-refractivity contribution in [3.63, 3.8) is 0 Å². The molecular weight excluding hydrogens is 663 g/mol. The Hall–Kier alpha value is -2.67. The standard InChI is InChI=1S/C33H45IN2O7/c1-4-5-6-7-8-9-30(39)36(20-23-12-10-22(2)11-13-23)27-18-25(33(41)35-14-15-37)19-28(31(27)40)43-32-26(34)16-24(21-38)17-29(32)42-3/h10-13,16-17,19,27-28,31,37-38,40H,4-9,14-15,18,20-21H2,1-3H3,(H,35,41). The molecular formula is C33H45IN2O7. The molecule has 4 N–H and O–H groups in total. The third kappa shape index (κ3) is 9.92. The van der Waals surface area contributed by atoms with Crippen molar-refractivity contribution < 1.29 is 34.4 Å². The van der Waals surface area contributed by atoms with Gasteiger partial charge in [0.2, 0.25) is 11.8 Å². The Balaban J connectivity index is 1.98. The van der Waals surface area contributed by atoms with Crippen LogP contribution in [0, 0.1) is 10.5 Å². The molecule has 0 bridgehead atoms. The first-order chi connectivity index (χ1) is 20.7. The monoisotopic (exact) mass is 708 g/mol. The average Bonchev–Trinajstić information content (AvgIpc) is 3.01. The molecule has 1 aliphatic carbocycles. The average molecular weight is 709 g/mol. The summed E-state index contributed by atoms with van der Waals surface area (Å²) in [6.45, 7) is 4.11. The third-order valence-electron chi connectivity index (χ3n) is 7.63. The summed E-state index contributed by atoms with van der Waals surface area (Å²) in [4.78, 5) is 28.7. The number of aliphatic hydroxyl groups is 3. The zero-order chi connectivity index (χ0) is 31.4. The van der Waals surface area contributed by atoms with E-state index in [1.807, 2.05) is 31.2 Å². The topological polar surface area (TPSA) is 129 Å². The van der Waals surface area contributed by atoms with Gasteiger partial charge in [-0.1, -0.05) is 62.4 Å². The lowest BCUT2D eigenvalue weighted by Crippen LogP contribution is -2.54. The SMILES string of the molecule is CCCCCCCC(=O)N(Cc1ccc(C)cc1)C1CC(C(=O)NCCO)=CC(Oc2c(I)cc(CO)cc2OC)C1O. The number of methoxy groups -OCH3 is 1. The van der Waals surface area contributed by atoms with Crippen LogP contribution in [0.1, 0.15) is 68.6 Å². The maximum Gasteiger partial charge on any atom is 0.247 e. The summed E-state index contributed by atoms with van der Waals surface area (Å²) in [6, 6.07) is 10.6. The molecule has 1 aliphatic rings. The predicted octanol–water partition coefficient (Wildman–Crippen LogP) is 4.41.